The number of aliphatic hydroxyl groups is 1. The standard InChI is InChI=1S/C8H7Cl3O/c9-6-2-1-5(3-7(6)10)8(11)4-12/h1-3,8,12H,4H2. The summed E-state index contributed by atoms with van der Waals surface area (Å²) >= 11 is 17.2. The molecule has 1 aromatic rings. The third-order valence-electron chi connectivity index (χ3n) is 1.47. The molecule has 0 aliphatic rings. The maximum Gasteiger partial charge on any atom is 0.0816 e. The van der Waals surface area contributed by atoms with Gasteiger partial charge in [0.25, 0.3) is 0 Å². The fraction of sp³-hybridized carbons (Fsp3) is 0.250. The molecule has 12 heavy (non-hydrogen) atoms. The van der Waals surface area contributed by atoms with E-state index < -0.39 is 5.38 Å². The minimum Gasteiger partial charge on any atom is -0.394 e. The number of hydrogen-bond donors (Lipinski definition) is 1. The van der Waals surface area contributed by atoms with Gasteiger partial charge in [0, 0.05) is 0 Å². The average Bonchev–Trinajstić information content (AvgIpc) is 2.08. The molecule has 1 atom stereocenters. The van der Waals surface area contributed by atoms with Crippen molar-refractivity contribution in [2.45, 2.75) is 5.38 Å². The fourth-order valence-electron chi connectivity index (χ4n) is 0.813. The quantitative estimate of drug-likeness (QED) is 0.766. The second-order valence-corrected chi connectivity index (χ2v) is 3.66. The monoisotopic (exact) mass is 224 g/mol. The van der Waals surface area contributed by atoms with Gasteiger partial charge in [0.1, 0.15) is 0 Å². The highest BCUT2D eigenvalue weighted by Crippen LogP contribution is 2.27. The maximum atomic E-state index is 8.74. The van der Waals surface area contributed by atoms with Crippen LogP contribution in [0.15, 0.2) is 18.2 Å². The summed E-state index contributed by atoms with van der Waals surface area (Å²) in [5.74, 6) is 0. The summed E-state index contributed by atoms with van der Waals surface area (Å²) in [6.07, 6.45) is 0. The van der Waals surface area contributed by atoms with Gasteiger partial charge >= 0.3 is 0 Å². The number of halogens is 3. The molecule has 0 fully saturated rings. The molecule has 0 aliphatic carbocycles. The van der Waals surface area contributed by atoms with E-state index in [0.29, 0.717) is 10.0 Å². The molecule has 0 saturated heterocycles. The highest BCUT2D eigenvalue weighted by molar-refractivity contribution is 6.42. The second-order valence-electron chi connectivity index (χ2n) is 2.32. The van der Waals surface area contributed by atoms with Crippen LogP contribution in [0.4, 0.5) is 0 Å². The van der Waals surface area contributed by atoms with Gasteiger partial charge in [0.15, 0.2) is 0 Å². The van der Waals surface area contributed by atoms with Crippen LogP contribution in [0.1, 0.15) is 10.9 Å². The van der Waals surface area contributed by atoms with Crippen molar-refractivity contribution in [1.82, 2.24) is 0 Å². The molecular weight excluding hydrogens is 218 g/mol. The molecule has 1 nitrogen and oxygen atoms in total. The van der Waals surface area contributed by atoms with Crippen LogP contribution in [0.25, 0.3) is 0 Å². The van der Waals surface area contributed by atoms with E-state index in [0.717, 1.165) is 5.56 Å². The Morgan fingerprint density at radius 1 is 1.25 bits per heavy atom. The smallest absolute Gasteiger partial charge is 0.0816 e. The molecule has 1 unspecified atom stereocenters. The number of hydrogen-bond acceptors (Lipinski definition) is 1. The van der Waals surface area contributed by atoms with Crippen LogP contribution in [0.3, 0.4) is 0 Å². The van der Waals surface area contributed by atoms with E-state index >= 15 is 0 Å². The number of benzene rings is 1. The van der Waals surface area contributed by atoms with Gasteiger partial charge in [-0.1, -0.05) is 29.3 Å². The topological polar surface area (TPSA) is 20.2 Å². The van der Waals surface area contributed by atoms with Crippen molar-refractivity contribution in [2.75, 3.05) is 6.61 Å². The zero-order valence-corrected chi connectivity index (χ0v) is 8.37. The summed E-state index contributed by atoms with van der Waals surface area (Å²) in [5, 5.41) is 9.26. The lowest BCUT2D eigenvalue weighted by Crippen LogP contribution is -1.95. The zero-order chi connectivity index (χ0) is 9.14. The molecule has 0 saturated carbocycles. The van der Waals surface area contributed by atoms with Gasteiger partial charge in [-0.05, 0) is 17.7 Å². The molecular formula is C8H7Cl3O. The van der Waals surface area contributed by atoms with Crippen LogP contribution >= 0.6 is 34.8 Å². The predicted octanol–water partition coefficient (Wildman–Crippen LogP) is 3.27. The Bertz CT molecular complexity index is 275. The first-order valence-corrected chi connectivity index (χ1v) is 4.54. The van der Waals surface area contributed by atoms with Crippen LogP contribution in [0.2, 0.25) is 10.0 Å². The molecule has 1 N–H and O–H groups in total. The summed E-state index contributed by atoms with van der Waals surface area (Å²) in [6, 6.07) is 5.05. The third kappa shape index (κ3) is 2.27. The van der Waals surface area contributed by atoms with Crippen LogP contribution in [-0.4, -0.2) is 11.7 Å². The van der Waals surface area contributed by atoms with E-state index in [1.54, 1.807) is 18.2 Å². The Labute approximate surface area is 85.9 Å². The molecule has 0 aromatic heterocycles. The molecule has 4 heteroatoms. The highest BCUT2D eigenvalue weighted by Gasteiger charge is 2.07. The Hall–Kier alpha value is 0.0500. The molecule has 0 heterocycles. The molecule has 1 aromatic carbocycles. The highest BCUT2D eigenvalue weighted by atomic mass is 35.5. The zero-order valence-electron chi connectivity index (χ0n) is 6.10. The Balaban J connectivity index is 2.96. The first-order chi connectivity index (χ1) is 5.65. The number of alkyl halides is 1. The van der Waals surface area contributed by atoms with Crippen LogP contribution in [0.5, 0.6) is 0 Å². The van der Waals surface area contributed by atoms with Gasteiger partial charge in [-0.15, -0.1) is 11.6 Å². The largest absolute Gasteiger partial charge is 0.394 e. The minimum absolute atomic E-state index is 0.112. The molecule has 0 aliphatic heterocycles. The first-order valence-electron chi connectivity index (χ1n) is 3.35. The Morgan fingerprint density at radius 3 is 2.42 bits per heavy atom. The van der Waals surface area contributed by atoms with Gasteiger partial charge in [-0.25, -0.2) is 0 Å². The van der Waals surface area contributed by atoms with Crippen molar-refractivity contribution < 1.29 is 5.11 Å². The summed E-state index contributed by atoms with van der Waals surface area (Å²) in [7, 11) is 0. The van der Waals surface area contributed by atoms with E-state index in [1.165, 1.54) is 0 Å². The third-order valence-corrected chi connectivity index (χ3v) is 2.59. The summed E-state index contributed by atoms with van der Waals surface area (Å²) in [4.78, 5) is 0. The van der Waals surface area contributed by atoms with Crippen LogP contribution < -0.4 is 0 Å². The first kappa shape index (κ1) is 10.1. The summed E-state index contributed by atoms with van der Waals surface area (Å²) in [5.41, 5.74) is 0.772. The molecule has 66 valence electrons. The Kier molecular flexibility index (Phi) is 3.66. The van der Waals surface area contributed by atoms with E-state index in [9.17, 15) is 0 Å². The van der Waals surface area contributed by atoms with E-state index in [2.05, 4.69) is 0 Å². The molecule has 0 bridgehead atoms. The summed E-state index contributed by atoms with van der Waals surface area (Å²) in [6.45, 7) is -0.112. The minimum atomic E-state index is -0.417. The average molecular weight is 226 g/mol. The van der Waals surface area contributed by atoms with Gasteiger partial charge in [-0.2, -0.15) is 0 Å². The fourth-order valence-corrected chi connectivity index (χ4v) is 1.25. The van der Waals surface area contributed by atoms with E-state index in [1.807, 2.05) is 0 Å². The summed E-state index contributed by atoms with van der Waals surface area (Å²) < 4.78 is 0. The van der Waals surface area contributed by atoms with E-state index in [-0.39, 0.29) is 6.61 Å². The van der Waals surface area contributed by atoms with Crippen molar-refractivity contribution >= 4 is 34.8 Å². The predicted molar refractivity (Wildman–Crippen MR) is 52.1 cm³/mol. The van der Waals surface area contributed by atoms with E-state index in [4.69, 9.17) is 39.9 Å². The lowest BCUT2D eigenvalue weighted by atomic mass is 10.1. The number of rotatable bonds is 2. The molecule has 1 rings (SSSR count). The van der Waals surface area contributed by atoms with Gasteiger partial charge in [0.2, 0.25) is 0 Å². The SMILES string of the molecule is OCC(Cl)c1ccc(Cl)c(Cl)c1. The van der Waals surface area contributed by atoms with Gasteiger partial charge < -0.3 is 5.11 Å². The Morgan fingerprint density at radius 2 is 1.92 bits per heavy atom. The van der Waals surface area contributed by atoms with Crippen molar-refractivity contribution in [3.63, 3.8) is 0 Å². The molecule has 0 spiro atoms. The van der Waals surface area contributed by atoms with Crippen LogP contribution in [-0.2, 0) is 0 Å². The van der Waals surface area contributed by atoms with Gasteiger partial charge in [-0.3, -0.25) is 0 Å². The van der Waals surface area contributed by atoms with Crippen molar-refractivity contribution in [2.24, 2.45) is 0 Å². The second kappa shape index (κ2) is 4.33. The van der Waals surface area contributed by atoms with Crippen molar-refractivity contribution in [3.05, 3.63) is 33.8 Å². The molecule has 0 amide bonds. The van der Waals surface area contributed by atoms with Crippen molar-refractivity contribution in [1.29, 1.82) is 0 Å². The van der Waals surface area contributed by atoms with Gasteiger partial charge in [0.05, 0.1) is 22.0 Å². The lowest BCUT2D eigenvalue weighted by Gasteiger charge is -2.06. The van der Waals surface area contributed by atoms with Crippen LogP contribution in [0, 0.1) is 0 Å². The van der Waals surface area contributed by atoms with Crippen molar-refractivity contribution in [3.8, 4) is 0 Å². The maximum absolute atomic E-state index is 8.74. The normalized spacial score (nSPS) is 13.0. The number of aliphatic hydroxyl groups excluding tert-OH is 1. The lowest BCUT2D eigenvalue weighted by molar-refractivity contribution is 0.294. The molecule has 0 radical (unpaired) electrons.